The van der Waals surface area contributed by atoms with Crippen LogP contribution in [-0.2, 0) is 16.0 Å². The molecule has 0 bridgehead atoms. The Bertz CT molecular complexity index is 1090. The first-order valence-corrected chi connectivity index (χ1v) is 9.42. The Hall–Kier alpha value is -3.55. The zero-order valence-corrected chi connectivity index (χ0v) is 16.9. The quantitative estimate of drug-likeness (QED) is 0.380. The Balaban J connectivity index is 1.68. The Morgan fingerprint density at radius 1 is 1.03 bits per heavy atom. The molecule has 5 nitrogen and oxygen atoms in total. The fourth-order valence-electron chi connectivity index (χ4n) is 3.29. The molecule has 0 radical (unpaired) electrons. The highest BCUT2D eigenvalue weighted by Gasteiger charge is 2.19. The molecule has 0 atom stereocenters. The molecule has 0 amide bonds. The van der Waals surface area contributed by atoms with Crippen LogP contribution in [0.25, 0.3) is 5.69 Å². The number of aromatic nitrogens is 1. The van der Waals surface area contributed by atoms with Crippen LogP contribution in [-0.4, -0.2) is 29.5 Å². The third-order valence-electron chi connectivity index (χ3n) is 4.71. The van der Waals surface area contributed by atoms with Gasteiger partial charge < -0.3 is 14.0 Å². The number of ether oxygens (including phenoxy) is 2. The summed E-state index contributed by atoms with van der Waals surface area (Å²) in [5.74, 6) is -1.60. The van der Waals surface area contributed by atoms with E-state index in [4.69, 9.17) is 4.74 Å². The number of carbonyl (C=O) groups excluding carboxylic acids is 2. The number of hydrogen-bond donors (Lipinski definition) is 0. The Labute approximate surface area is 177 Å². The van der Waals surface area contributed by atoms with Crippen LogP contribution in [0.4, 0.5) is 13.2 Å². The molecule has 3 rings (SSSR count). The molecule has 0 N–H and O–H groups in total. The van der Waals surface area contributed by atoms with Gasteiger partial charge in [0.05, 0.1) is 6.42 Å². The number of nitrogens with zero attached hydrogens (tertiary/aromatic N) is 1. The molecule has 0 fully saturated rings. The van der Waals surface area contributed by atoms with Crippen LogP contribution in [0.2, 0.25) is 0 Å². The van der Waals surface area contributed by atoms with Gasteiger partial charge in [-0.15, -0.1) is 0 Å². The lowest BCUT2D eigenvalue weighted by Gasteiger charge is -2.11. The Morgan fingerprint density at radius 3 is 2.35 bits per heavy atom. The lowest BCUT2D eigenvalue weighted by molar-refractivity contribution is -0.141. The first-order chi connectivity index (χ1) is 14.8. The van der Waals surface area contributed by atoms with E-state index in [0.29, 0.717) is 16.9 Å². The number of Topliss-reactive ketones (excluding diaryl/α,β-unsaturated/α-hetero) is 1. The number of hydrogen-bond acceptors (Lipinski definition) is 4. The third kappa shape index (κ3) is 5.33. The number of aryl methyl sites for hydroxylation is 1. The molecule has 31 heavy (non-hydrogen) atoms. The van der Waals surface area contributed by atoms with Crippen LogP contribution in [0.15, 0.2) is 54.6 Å². The summed E-state index contributed by atoms with van der Waals surface area (Å²) >= 11 is 0. The minimum atomic E-state index is -2.91. The van der Waals surface area contributed by atoms with E-state index in [1.165, 1.54) is 30.3 Å². The average molecular weight is 431 g/mol. The summed E-state index contributed by atoms with van der Waals surface area (Å²) in [6, 6.07) is 13.5. The second-order valence-electron chi connectivity index (χ2n) is 6.84. The lowest BCUT2D eigenvalue weighted by atomic mass is 10.1. The van der Waals surface area contributed by atoms with Crippen molar-refractivity contribution in [2.75, 3.05) is 6.61 Å². The van der Waals surface area contributed by atoms with Crippen molar-refractivity contribution in [1.29, 1.82) is 0 Å². The average Bonchev–Trinajstić information content (AvgIpc) is 3.02. The van der Waals surface area contributed by atoms with Gasteiger partial charge >= 0.3 is 12.6 Å². The van der Waals surface area contributed by atoms with Gasteiger partial charge in [0.1, 0.15) is 11.6 Å². The molecule has 2 aromatic carbocycles. The predicted octanol–water partition coefficient (Wildman–Crippen LogP) is 4.80. The minimum Gasteiger partial charge on any atom is -0.457 e. The number of rotatable bonds is 8. The molecule has 0 aliphatic carbocycles. The molecule has 0 saturated heterocycles. The van der Waals surface area contributed by atoms with E-state index in [2.05, 4.69) is 4.74 Å². The summed E-state index contributed by atoms with van der Waals surface area (Å²) in [6.07, 6.45) is -0.272. The van der Waals surface area contributed by atoms with Crippen LogP contribution in [0, 0.1) is 19.7 Å². The molecule has 3 aromatic rings. The van der Waals surface area contributed by atoms with Crippen LogP contribution >= 0.6 is 0 Å². The number of carbonyl (C=O) groups is 2. The first-order valence-electron chi connectivity index (χ1n) is 9.42. The maximum absolute atomic E-state index is 13.6. The highest BCUT2D eigenvalue weighted by molar-refractivity contribution is 5.99. The molecule has 0 aliphatic heterocycles. The number of halogens is 3. The summed E-state index contributed by atoms with van der Waals surface area (Å²) in [7, 11) is 0. The number of esters is 1. The van der Waals surface area contributed by atoms with Crippen molar-refractivity contribution in [3.8, 4) is 11.4 Å². The van der Waals surface area contributed by atoms with Crippen LogP contribution < -0.4 is 4.74 Å². The van der Waals surface area contributed by atoms with E-state index in [0.717, 1.165) is 5.69 Å². The molecule has 1 aromatic heterocycles. The molecule has 8 heteroatoms. The van der Waals surface area contributed by atoms with Gasteiger partial charge in [-0.1, -0.05) is 18.2 Å². The number of alkyl halides is 2. The summed E-state index contributed by atoms with van der Waals surface area (Å²) in [6.45, 7) is 0.132. The standard InChI is InChI=1S/C23H20F3NO4/c1-14-11-19(15(2)27(14)17-7-9-18(10-8-17)31-23(25)26)21(28)13-30-22(29)12-16-5-3-4-6-20(16)24/h3-11,23H,12-13H2,1-2H3. The van der Waals surface area contributed by atoms with Crippen molar-refractivity contribution in [3.05, 3.63) is 82.9 Å². The molecule has 1 heterocycles. The molecular formula is C23H20F3NO4. The second kappa shape index (κ2) is 9.51. The molecule has 162 valence electrons. The van der Waals surface area contributed by atoms with Crippen molar-refractivity contribution in [2.45, 2.75) is 26.9 Å². The van der Waals surface area contributed by atoms with Gasteiger partial charge in [0.25, 0.3) is 0 Å². The van der Waals surface area contributed by atoms with E-state index in [9.17, 15) is 22.8 Å². The maximum atomic E-state index is 13.6. The largest absolute Gasteiger partial charge is 0.457 e. The van der Waals surface area contributed by atoms with Gasteiger partial charge in [0, 0.05) is 22.6 Å². The molecular weight excluding hydrogens is 411 g/mol. The monoisotopic (exact) mass is 431 g/mol. The number of ketones is 1. The van der Waals surface area contributed by atoms with Crippen LogP contribution in [0.3, 0.4) is 0 Å². The first kappa shape index (κ1) is 22.1. The second-order valence-corrected chi connectivity index (χ2v) is 6.84. The van der Waals surface area contributed by atoms with Gasteiger partial charge in [-0.25, -0.2) is 4.39 Å². The van der Waals surface area contributed by atoms with E-state index in [1.54, 1.807) is 42.7 Å². The van der Waals surface area contributed by atoms with Crippen molar-refractivity contribution in [3.63, 3.8) is 0 Å². The van der Waals surface area contributed by atoms with Gasteiger partial charge in [0.2, 0.25) is 5.78 Å². The van der Waals surface area contributed by atoms with Crippen molar-refractivity contribution < 1.29 is 32.2 Å². The fourth-order valence-corrected chi connectivity index (χ4v) is 3.29. The van der Waals surface area contributed by atoms with Crippen molar-refractivity contribution >= 4 is 11.8 Å². The highest BCUT2D eigenvalue weighted by atomic mass is 19.3. The molecule has 0 unspecified atom stereocenters. The van der Waals surface area contributed by atoms with Crippen molar-refractivity contribution in [1.82, 2.24) is 4.57 Å². The highest BCUT2D eigenvalue weighted by Crippen LogP contribution is 2.24. The topological polar surface area (TPSA) is 57.5 Å². The SMILES string of the molecule is Cc1cc(C(=O)COC(=O)Cc2ccccc2F)c(C)n1-c1ccc(OC(F)F)cc1. The minimum absolute atomic E-state index is 0.0271. The smallest absolute Gasteiger partial charge is 0.387 e. The van der Waals surface area contributed by atoms with Gasteiger partial charge in [0.15, 0.2) is 6.61 Å². The maximum Gasteiger partial charge on any atom is 0.387 e. The van der Waals surface area contributed by atoms with Gasteiger partial charge in [-0.2, -0.15) is 8.78 Å². The molecule has 0 spiro atoms. The normalized spacial score (nSPS) is 10.9. The zero-order chi connectivity index (χ0) is 22.5. The molecule has 0 saturated carbocycles. The molecule has 0 aliphatic rings. The van der Waals surface area contributed by atoms with Gasteiger partial charge in [-0.3, -0.25) is 9.59 Å². The third-order valence-corrected chi connectivity index (χ3v) is 4.71. The van der Waals surface area contributed by atoms with Gasteiger partial charge in [-0.05, 0) is 55.8 Å². The predicted molar refractivity (Wildman–Crippen MR) is 107 cm³/mol. The summed E-state index contributed by atoms with van der Waals surface area (Å²) < 4.78 is 49.4. The summed E-state index contributed by atoms with van der Waals surface area (Å²) in [4.78, 5) is 24.6. The number of benzene rings is 2. The van der Waals surface area contributed by atoms with E-state index in [-0.39, 0.29) is 17.7 Å². The van der Waals surface area contributed by atoms with Crippen molar-refractivity contribution in [2.24, 2.45) is 0 Å². The summed E-state index contributed by atoms with van der Waals surface area (Å²) in [5, 5.41) is 0. The van der Waals surface area contributed by atoms with Crippen LogP contribution in [0.1, 0.15) is 27.3 Å². The van der Waals surface area contributed by atoms with E-state index < -0.39 is 30.8 Å². The van der Waals surface area contributed by atoms with E-state index >= 15 is 0 Å². The fraction of sp³-hybridized carbons (Fsp3) is 0.217. The van der Waals surface area contributed by atoms with E-state index in [1.807, 2.05) is 0 Å². The Kier molecular flexibility index (Phi) is 6.79. The lowest BCUT2D eigenvalue weighted by Crippen LogP contribution is -2.16. The zero-order valence-electron chi connectivity index (χ0n) is 16.9. The Morgan fingerprint density at radius 2 is 1.71 bits per heavy atom. The summed E-state index contributed by atoms with van der Waals surface area (Å²) in [5.41, 5.74) is 2.56. The van der Waals surface area contributed by atoms with Crippen LogP contribution in [0.5, 0.6) is 5.75 Å².